The number of ether oxygens (including phenoxy) is 1. The molecule has 0 fully saturated rings. The molecule has 1 amide bonds. The molecule has 19 heavy (non-hydrogen) atoms. The lowest BCUT2D eigenvalue weighted by Crippen LogP contribution is -2.20. The summed E-state index contributed by atoms with van der Waals surface area (Å²) >= 11 is 5.88. The van der Waals surface area contributed by atoms with Crippen molar-refractivity contribution in [1.82, 2.24) is 0 Å². The molecule has 0 bridgehead atoms. The summed E-state index contributed by atoms with van der Waals surface area (Å²) < 4.78 is 18.2. The fraction of sp³-hybridized carbons (Fsp3) is 0.0714. The highest BCUT2D eigenvalue weighted by Gasteiger charge is 2.06. The number of carbonyl (C=O) groups excluding carboxylic acids is 1. The Bertz CT molecular complexity index is 589. The standard InChI is InChI=1S/C14H11ClFNO2/c15-12-6-1-2-7-13(12)19-9-14(18)17-11-5-3-4-10(16)8-11/h1-8H,9H2,(H,17,18). The van der Waals surface area contributed by atoms with Gasteiger partial charge in [0.05, 0.1) is 5.02 Å². The van der Waals surface area contributed by atoms with Gasteiger partial charge in [-0.3, -0.25) is 4.79 Å². The minimum Gasteiger partial charge on any atom is -0.482 e. The zero-order chi connectivity index (χ0) is 13.7. The maximum absolute atomic E-state index is 12.9. The Labute approximate surface area is 115 Å². The molecule has 0 saturated heterocycles. The number of benzene rings is 2. The van der Waals surface area contributed by atoms with Gasteiger partial charge >= 0.3 is 0 Å². The number of nitrogens with one attached hydrogen (secondary N) is 1. The molecule has 1 N–H and O–H groups in total. The molecule has 0 aliphatic carbocycles. The minimum atomic E-state index is -0.412. The summed E-state index contributed by atoms with van der Waals surface area (Å²) in [5.74, 6) is -0.367. The van der Waals surface area contributed by atoms with Crippen molar-refractivity contribution in [2.45, 2.75) is 0 Å². The monoisotopic (exact) mass is 279 g/mol. The van der Waals surface area contributed by atoms with Crippen molar-refractivity contribution >= 4 is 23.2 Å². The number of anilines is 1. The summed E-state index contributed by atoms with van der Waals surface area (Å²) in [6, 6.07) is 12.5. The first-order valence-corrected chi connectivity index (χ1v) is 5.96. The zero-order valence-corrected chi connectivity index (χ0v) is 10.7. The van der Waals surface area contributed by atoms with E-state index in [1.54, 1.807) is 30.3 Å². The number of halogens is 2. The molecule has 2 aromatic rings. The molecule has 0 aliphatic heterocycles. The SMILES string of the molecule is O=C(COc1ccccc1Cl)Nc1cccc(F)c1. The van der Waals surface area contributed by atoms with Gasteiger partial charge in [-0.15, -0.1) is 0 Å². The molecule has 2 aromatic carbocycles. The lowest BCUT2D eigenvalue weighted by molar-refractivity contribution is -0.118. The lowest BCUT2D eigenvalue weighted by Gasteiger charge is -2.08. The molecule has 0 spiro atoms. The van der Waals surface area contributed by atoms with Gasteiger partial charge in [-0.25, -0.2) is 4.39 Å². The van der Waals surface area contributed by atoms with Crippen molar-refractivity contribution in [3.05, 3.63) is 59.4 Å². The molecule has 0 heterocycles. The van der Waals surface area contributed by atoms with Crippen LogP contribution in [0.3, 0.4) is 0 Å². The minimum absolute atomic E-state index is 0.194. The number of rotatable bonds is 4. The zero-order valence-electron chi connectivity index (χ0n) is 9.90. The van der Waals surface area contributed by atoms with E-state index in [-0.39, 0.29) is 12.5 Å². The van der Waals surface area contributed by atoms with E-state index in [1.165, 1.54) is 18.2 Å². The second-order valence-corrected chi connectivity index (χ2v) is 4.18. The summed E-state index contributed by atoms with van der Waals surface area (Å²) in [5.41, 5.74) is 0.382. The van der Waals surface area contributed by atoms with Crippen molar-refractivity contribution in [2.24, 2.45) is 0 Å². The summed E-state index contributed by atoms with van der Waals surface area (Å²) in [5, 5.41) is 2.96. The second kappa shape index (κ2) is 6.20. The first-order valence-electron chi connectivity index (χ1n) is 5.58. The molecular weight excluding hydrogens is 269 g/mol. The molecule has 98 valence electrons. The van der Waals surface area contributed by atoms with Crippen LogP contribution in [0.5, 0.6) is 5.75 Å². The normalized spacial score (nSPS) is 10.0. The fourth-order valence-corrected chi connectivity index (χ4v) is 1.66. The maximum atomic E-state index is 12.9. The third kappa shape index (κ3) is 3.96. The van der Waals surface area contributed by atoms with Crippen LogP contribution in [-0.4, -0.2) is 12.5 Å². The summed E-state index contributed by atoms with van der Waals surface area (Å²) in [7, 11) is 0. The highest BCUT2D eigenvalue weighted by atomic mass is 35.5. The van der Waals surface area contributed by atoms with Crippen molar-refractivity contribution in [3.63, 3.8) is 0 Å². The van der Waals surface area contributed by atoms with Gasteiger partial charge < -0.3 is 10.1 Å². The van der Waals surface area contributed by atoms with E-state index in [0.717, 1.165) is 0 Å². The van der Waals surface area contributed by atoms with E-state index in [0.29, 0.717) is 16.5 Å². The van der Waals surface area contributed by atoms with Gasteiger partial charge in [-0.1, -0.05) is 29.8 Å². The molecule has 0 radical (unpaired) electrons. The van der Waals surface area contributed by atoms with E-state index in [9.17, 15) is 9.18 Å². The van der Waals surface area contributed by atoms with E-state index in [1.807, 2.05) is 0 Å². The quantitative estimate of drug-likeness (QED) is 0.930. The van der Waals surface area contributed by atoms with Crippen LogP contribution >= 0.6 is 11.6 Å². The van der Waals surface area contributed by atoms with Gasteiger partial charge in [0.2, 0.25) is 0 Å². The average molecular weight is 280 g/mol. The first kappa shape index (κ1) is 13.4. The third-order valence-corrected chi connectivity index (χ3v) is 2.62. The third-order valence-electron chi connectivity index (χ3n) is 2.30. The van der Waals surface area contributed by atoms with Crippen molar-refractivity contribution in [1.29, 1.82) is 0 Å². The molecule has 0 unspecified atom stereocenters. The average Bonchev–Trinajstić information content (AvgIpc) is 2.38. The Morgan fingerprint density at radius 3 is 2.74 bits per heavy atom. The predicted molar refractivity (Wildman–Crippen MR) is 72.0 cm³/mol. The lowest BCUT2D eigenvalue weighted by atomic mass is 10.3. The van der Waals surface area contributed by atoms with Gasteiger partial charge in [-0.2, -0.15) is 0 Å². The molecular formula is C14H11ClFNO2. The van der Waals surface area contributed by atoms with Crippen LogP contribution in [-0.2, 0) is 4.79 Å². The fourth-order valence-electron chi connectivity index (χ4n) is 1.47. The van der Waals surface area contributed by atoms with Crippen molar-refractivity contribution < 1.29 is 13.9 Å². The first-order chi connectivity index (χ1) is 9.15. The Balaban J connectivity index is 1.90. The Morgan fingerprint density at radius 1 is 1.21 bits per heavy atom. The number of hydrogen-bond acceptors (Lipinski definition) is 2. The second-order valence-electron chi connectivity index (χ2n) is 3.78. The maximum Gasteiger partial charge on any atom is 0.262 e. The Kier molecular flexibility index (Phi) is 4.36. The molecule has 0 saturated carbocycles. The molecule has 2 rings (SSSR count). The highest BCUT2D eigenvalue weighted by Crippen LogP contribution is 2.22. The largest absolute Gasteiger partial charge is 0.482 e. The van der Waals surface area contributed by atoms with Crippen LogP contribution in [0, 0.1) is 5.82 Å². The van der Waals surface area contributed by atoms with Crippen molar-refractivity contribution in [3.8, 4) is 5.75 Å². The van der Waals surface area contributed by atoms with Crippen LogP contribution in [0.4, 0.5) is 10.1 Å². The number of amides is 1. The molecule has 0 atom stereocenters. The van der Waals surface area contributed by atoms with Gasteiger partial charge in [0.15, 0.2) is 6.61 Å². The Hall–Kier alpha value is -2.07. The number of para-hydroxylation sites is 1. The molecule has 3 nitrogen and oxygen atoms in total. The summed E-state index contributed by atoms with van der Waals surface area (Å²) in [6.45, 7) is -0.194. The van der Waals surface area contributed by atoms with Crippen LogP contribution in [0.2, 0.25) is 5.02 Å². The van der Waals surface area contributed by atoms with Crippen LogP contribution < -0.4 is 10.1 Å². The number of carbonyl (C=O) groups is 1. The van der Waals surface area contributed by atoms with Gasteiger partial charge in [0.25, 0.3) is 5.91 Å². The van der Waals surface area contributed by atoms with E-state index < -0.39 is 5.82 Å². The topological polar surface area (TPSA) is 38.3 Å². The predicted octanol–water partition coefficient (Wildman–Crippen LogP) is 3.50. The summed E-state index contributed by atoms with van der Waals surface area (Å²) in [6.07, 6.45) is 0. The van der Waals surface area contributed by atoms with Gasteiger partial charge in [0, 0.05) is 5.69 Å². The number of hydrogen-bond donors (Lipinski definition) is 1. The molecule has 0 aromatic heterocycles. The highest BCUT2D eigenvalue weighted by molar-refractivity contribution is 6.32. The van der Waals surface area contributed by atoms with Crippen LogP contribution in [0.25, 0.3) is 0 Å². The van der Waals surface area contributed by atoms with Crippen molar-refractivity contribution in [2.75, 3.05) is 11.9 Å². The summed E-state index contributed by atoms with van der Waals surface area (Å²) in [4.78, 5) is 11.6. The molecule has 0 aliphatic rings. The van der Waals surface area contributed by atoms with Gasteiger partial charge in [-0.05, 0) is 30.3 Å². The van der Waals surface area contributed by atoms with E-state index >= 15 is 0 Å². The van der Waals surface area contributed by atoms with E-state index in [4.69, 9.17) is 16.3 Å². The smallest absolute Gasteiger partial charge is 0.262 e. The van der Waals surface area contributed by atoms with Crippen LogP contribution in [0.1, 0.15) is 0 Å². The molecule has 5 heteroatoms. The van der Waals surface area contributed by atoms with E-state index in [2.05, 4.69) is 5.32 Å². The van der Waals surface area contributed by atoms with Gasteiger partial charge in [0.1, 0.15) is 11.6 Å². The van der Waals surface area contributed by atoms with Crippen LogP contribution in [0.15, 0.2) is 48.5 Å². The Morgan fingerprint density at radius 2 is 2.00 bits per heavy atom.